The first-order chi connectivity index (χ1) is 13.6. The molecule has 11 heteroatoms. The minimum Gasteiger partial charge on any atom is -0.465 e. The molecule has 7 nitrogen and oxygen atoms in total. The first-order valence-corrected chi connectivity index (χ1v) is 9.42. The Labute approximate surface area is 175 Å². The van der Waals surface area contributed by atoms with Crippen LogP contribution in [0.3, 0.4) is 0 Å². The van der Waals surface area contributed by atoms with E-state index in [0.717, 1.165) is 11.3 Å². The van der Waals surface area contributed by atoms with E-state index in [-0.39, 0.29) is 22.3 Å². The minimum atomic E-state index is -2.91. The van der Waals surface area contributed by atoms with Gasteiger partial charge in [-0.1, -0.05) is 0 Å². The predicted octanol–water partition coefficient (Wildman–Crippen LogP) is 3.96. The van der Waals surface area contributed by atoms with Gasteiger partial charge >= 0.3 is 12.6 Å². The Morgan fingerprint density at radius 3 is 2.31 bits per heavy atom. The Bertz CT molecular complexity index is 915. The van der Waals surface area contributed by atoms with E-state index < -0.39 is 12.6 Å². The number of thiophene rings is 1. The summed E-state index contributed by atoms with van der Waals surface area (Å²) in [5.41, 5.74) is 1.22. The van der Waals surface area contributed by atoms with Crippen LogP contribution < -0.4 is 15.4 Å². The lowest BCUT2D eigenvalue weighted by Crippen LogP contribution is -2.21. The number of carbonyl (C=O) groups excluding carboxylic acids is 2. The molecule has 0 spiro atoms. The smallest absolute Gasteiger partial charge is 0.387 e. The number of benzene rings is 1. The van der Waals surface area contributed by atoms with Gasteiger partial charge in [0, 0.05) is 19.8 Å². The van der Waals surface area contributed by atoms with Crippen LogP contribution in [0.4, 0.5) is 19.5 Å². The Morgan fingerprint density at radius 2 is 1.79 bits per heavy atom. The third-order valence-corrected chi connectivity index (χ3v) is 5.10. The zero-order chi connectivity index (χ0) is 21.7. The molecule has 0 saturated heterocycles. The maximum absolute atomic E-state index is 12.4. The Morgan fingerprint density at radius 1 is 1.17 bits per heavy atom. The largest absolute Gasteiger partial charge is 0.465 e. The maximum atomic E-state index is 12.4. The highest BCUT2D eigenvalue weighted by Crippen LogP contribution is 2.34. The molecule has 0 aliphatic rings. The molecule has 2 aromatic rings. The van der Waals surface area contributed by atoms with E-state index in [1.54, 1.807) is 21.0 Å². The lowest BCUT2D eigenvalue weighted by atomic mass is 10.1. The van der Waals surface area contributed by atoms with Gasteiger partial charge in [0.15, 0.2) is 5.11 Å². The van der Waals surface area contributed by atoms with Gasteiger partial charge in [-0.3, -0.25) is 4.79 Å². The first kappa shape index (κ1) is 22.5. The van der Waals surface area contributed by atoms with Gasteiger partial charge in [-0.05, 0) is 49.0 Å². The van der Waals surface area contributed by atoms with Crippen molar-refractivity contribution < 1.29 is 27.8 Å². The van der Waals surface area contributed by atoms with Crippen LogP contribution in [0.25, 0.3) is 0 Å². The number of thiocarbonyl (C=S) groups is 1. The quantitative estimate of drug-likeness (QED) is 0.517. The van der Waals surface area contributed by atoms with Crippen LogP contribution in [0.15, 0.2) is 24.3 Å². The van der Waals surface area contributed by atoms with Crippen molar-refractivity contribution >= 4 is 51.2 Å². The van der Waals surface area contributed by atoms with Gasteiger partial charge in [-0.2, -0.15) is 8.78 Å². The monoisotopic (exact) mass is 443 g/mol. The van der Waals surface area contributed by atoms with Crippen molar-refractivity contribution in [2.75, 3.05) is 31.8 Å². The van der Waals surface area contributed by atoms with Gasteiger partial charge in [0.2, 0.25) is 0 Å². The van der Waals surface area contributed by atoms with Crippen molar-refractivity contribution in [2.45, 2.75) is 13.5 Å². The number of methoxy groups -OCH3 is 1. The van der Waals surface area contributed by atoms with Crippen molar-refractivity contribution in [3.63, 3.8) is 0 Å². The normalized spacial score (nSPS) is 10.4. The summed E-state index contributed by atoms with van der Waals surface area (Å²) in [4.78, 5) is 26.4. The maximum Gasteiger partial charge on any atom is 0.387 e. The number of hydrogen-bond donors (Lipinski definition) is 2. The fraction of sp³-hybridized carbons (Fsp3) is 0.278. The predicted molar refractivity (Wildman–Crippen MR) is 111 cm³/mol. The van der Waals surface area contributed by atoms with Crippen LogP contribution in [0.1, 0.15) is 25.6 Å². The van der Waals surface area contributed by atoms with E-state index in [1.165, 1.54) is 36.3 Å². The van der Waals surface area contributed by atoms with E-state index in [4.69, 9.17) is 17.0 Å². The lowest BCUT2D eigenvalue weighted by molar-refractivity contribution is -0.0498. The zero-order valence-corrected chi connectivity index (χ0v) is 17.7. The van der Waals surface area contributed by atoms with Crippen molar-refractivity contribution in [1.82, 2.24) is 4.90 Å². The van der Waals surface area contributed by atoms with Gasteiger partial charge in [0.05, 0.1) is 17.6 Å². The molecular formula is C18H19F2N3O4S2. The number of nitrogens with zero attached hydrogens (tertiary/aromatic N) is 1. The summed E-state index contributed by atoms with van der Waals surface area (Å²) in [7, 11) is 4.47. The number of esters is 1. The van der Waals surface area contributed by atoms with Gasteiger partial charge in [-0.15, -0.1) is 11.3 Å². The molecule has 1 aromatic heterocycles. The Hall–Kier alpha value is -2.79. The molecular weight excluding hydrogens is 424 g/mol. The van der Waals surface area contributed by atoms with Crippen LogP contribution in [0.2, 0.25) is 0 Å². The van der Waals surface area contributed by atoms with Crippen LogP contribution >= 0.6 is 23.6 Å². The minimum absolute atomic E-state index is 0.0122. The first-order valence-electron chi connectivity index (χ1n) is 8.20. The second-order valence-electron chi connectivity index (χ2n) is 5.93. The zero-order valence-electron chi connectivity index (χ0n) is 16.0. The number of ether oxygens (including phenoxy) is 2. The van der Waals surface area contributed by atoms with Crippen molar-refractivity contribution in [3.8, 4) is 5.75 Å². The van der Waals surface area contributed by atoms with Gasteiger partial charge in [0.25, 0.3) is 5.91 Å². The standard InChI is InChI=1S/C18H19F2N3O4S2/c1-9-12(16(25)26-4)14(29-13(9)15(24)23(2)3)22-18(28)21-10-5-7-11(8-6-10)27-17(19)20/h5-8,17H,1-4H3,(H2,21,22,28). The number of halogens is 2. The van der Waals surface area contributed by atoms with E-state index in [1.807, 2.05) is 0 Å². The summed E-state index contributed by atoms with van der Waals surface area (Å²) in [6.45, 7) is -1.25. The third-order valence-electron chi connectivity index (χ3n) is 3.70. The Kier molecular flexibility index (Phi) is 7.46. The molecule has 0 radical (unpaired) electrons. The summed E-state index contributed by atoms with van der Waals surface area (Å²) in [6.07, 6.45) is 0. The molecule has 29 heavy (non-hydrogen) atoms. The summed E-state index contributed by atoms with van der Waals surface area (Å²) in [6, 6.07) is 5.74. The van der Waals surface area contributed by atoms with Crippen LogP contribution in [-0.4, -0.2) is 49.7 Å². The fourth-order valence-electron chi connectivity index (χ4n) is 2.34. The van der Waals surface area contributed by atoms with E-state index >= 15 is 0 Å². The number of hydrogen-bond acceptors (Lipinski definition) is 6. The second kappa shape index (κ2) is 9.61. The molecule has 0 fully saturated rings. The molecule has 2 rings (SSSR count). The van der Waals surface area contributed by atoms with E-state index in [0.29, 0.717) is 21.1 Å². The summed E-state index contributed by atoms with van der Waals surface area (Å²) < 4.78 is 33.5. The number of alkyl halides is 2. The summed E-state index contributed by atoms with van der Waals surface area (Å²) in [5.74, 6) is -0.840. The lowest BCUT2D eigenvalue weighted by Gasteiger charge is -2.11. The van der Waals surface area contributed by atoms with Gasteiger partial charge in [-0.25, -0.2) is 4.79 Å². The third kappa shape index (κ3) is 5.61. The molecule has 1 heterocycles. The highest BCUT2D eigenvalue weighted by Gasteiger charge is 2.26. The summed E-state index contributed by atoms with van der Waals surface area (Å²) >= 11 is 6.34. The van der Waals surface area contributed by atoms with E-state index in [9.17, 15) is 18.4 Å². The van der Waals surface area contributed by atoms with E-state index in [2.05, 4.69) is 15.4 Å². The van der Waals surface area contributed by atoms with Crippen LogP contribution in [0, 0.1) is 6.92 Å². The number of amides is 1. The molecule has 0 aliphatic heterocycles. The van der Waals surface area contributed by atoms with Gasteiger partial charge < -0.3 is 25.0 Å². The average Bonchev–Trinajstić information content (AvgIpc) is 2.97. The molecule has 0 unspecified atom stereocenters. The topological polar surface area (TPSA) is 79.9 Å². The average molecular weight is 443 g/mol. The van der Waals surface area contributed by atoms with Crippen LogP contribution in [-0.2, 0) is 4.74 Å². The molecule has 1 aromatic carbocycles. The fourth-order valence-corrected chi connectivity index (χ4v) is 3.85. The van der Waals surface area contributed by atoms with Crippen LogP contribution in [0.5, 0.6) is 5.75 Å². The van der Waals surface area contributed by atoms with Crippen molar-refractivity contribution in [3.05, 3.63) is 40.3 Å². The molecule has 1 amide bonds. The number of anilines is 2. The van der Waals surface area contributed by atoms with Crippen molar-refractivity contribution in [2.24, 2.45) is 0 Å². The number of rotatable bonds is 6. The summed E-state index contributed by atoms with van der Waals surface area (Å²) in [5, 5.41) is 6.26. The SMILES string of the molecule is COC(=O)c1c(NC(=S)Nc2ccc(OC(F)F)cc2)sc(C(=O)N(C)C)c1C. The molecule has 0 atom stereocenters. The van der Waals surface area contributed by atoms with Crippen molar-refractivity contribution in [1.29, 1.82) is 0 Å². The molecule has 2 N–H and O–H groups in total. The molecule has 0 bridgehead atoms. The highest BCUT2D eigenvalue weighted by molar-refractivity contribution is 7.80. The Balaban J connectivity index is 2.21. The number of nitrogens with one attached hydrogen (secondary N) is 2. The molecule has 0 saturated carbocycles. The second-order valence-corrected chi connectivity index (χ2v) is 7.36. The molecule has 0 aliphatic carbocycles. The highest BCUT2D eigenvalue weighted by atomic mass is 32.1. The number of carbonyl (C=O) groups is 2. The van der Waals surface area contributed by atoms with Gasteiger partial charge in [0.1, 0.15) is 10.8 Å². The molecule has 156 valence electrons.